The number of carbonyl (C=O) groups is 2. The number of hydrogen-bond acceptors (Lipinski definition) is 2. The second-order valence-corrected chi connectivity index (χ2v) is 4.64. The smallest absolute Gasteiger partial charge is 0.246 e. The number of hydrogen-bond donors (Lipinski definition) is 1. The second kappa shape index (κ2) is 5.84. The average Bonchev–Trinajstić information content (AvgIpc) is 2.27. The van der Waals surface area contributed by atoms with E-state index in [1.165, 1.54) is 0 Å². The summed E-state index contributed by atoms with van der Waals surface area (Å²) < 4.78 is 0. The Morgan fingerprint density at radius 3 is 2.71 bits per heavy atom. The summed E-state index contributed by atoms with van der Waals surface area (Å²) in [4.78, 5) is 25.8. The summed E-state index contributed by atoms with van der Waals surface area (Å²) in [5, 5.41) is 2.79. The maximum Gasteiger partial charge on any atom is 0.246 e. The molecule has 0 radical (unpaired) electrons. The number of amides is 2. The highest BCUT2D eigenvalue weighted by Crippen LogP contribution is 2.18. The Labute approximate surface area is 103 Å². The van der Waals surface area contributed by atoms with Crippen molar-refractivity contribution >= 4 is 11.8 Å². The molecule has 0 saturated carbocycles. The molecule has 0 aromatic rings. The summed E-state index contributed by atoms with van der Waals surface area (Å²) in [6, 6.07) is -0.707. The fourth-order valence-electron chi connectivity index (χ4n) is 2.29. The Hall–Kier alpha value is -1.32. The van der Waals surface area contributed by atoms with E-state index in [-0.39, 0.29) is 29.9 Å². The number of nitrogens with one attached hydrogen (secondary N) is 1. The van der Waals surface area contributed by atoms with Crippen molar-refractivity contribution in [2.24, 2.45) is 0 Å². The van der Waals surface area contributed by atoms with Gasteiger partial charge in [-0.15, -0.1) is 6.58 Å². The fraction of sp³-hybridized carbons (Fsp3) is 0.692. The van der Waals surface area contributed by atoms with Crippen LogP contribution in [0.3, 0.4) is 0 Å². The molecule has 0 aromatic heterocycles. The number of nitrogens with zero attached hydrogens (tertiary/aromatic N) is 1. The van der Waals surface area contributed by atoms with Crippen LogP contribution in [0.5, 0.6) is 0 Å². The molecule has 4 heteroatoms. The van der Waals surface area contributed by atoms with Gasteiger partial charge in [0, 0.05) is 6.04 Å². The van der Waals surface area contributed by atoms with E-state index in [4.69, 9.17) is 0 Å². The standard InChI is InChI=1S/C13H22N2O2/c1-5-7-9(3)15-10(4)12(16)14-11(8-6-2)13(15)17/h5,9-11H,1,6-8H2,2-4H3,(H,14,16). The molecule has 4 nitrogen and oxygen atoms in total. The van der Waals surface area contributed by atoms with E-state index in [0.717, 1.165) is 6.42 Å². The first-order chi connectivity index (χ1) is 8.02. The third-order valence-electron chi connectivity index (χ3n) is 3.23. The van der Waals surface area contributed by atoms with Crippen molar-refractivity contribution in [1.29, 1.82) is 0 Å². The molecule has 0 aliphatic carbocycles. The van der Waals surface area contributed by atoms with E-state index in [1.807, 2.05) is 13.8 Å². The molecule has 17 heavy (non-hydrogen) atoms. The zero-order chi connectivity index (χ0) is 13.0. The van der Waals surface area contributed by atoms with Gasteiger partial charge >= 0.3 is 0 Å². The van der Waals surface area contributed by atoms with Gasteiger partial charge in [-0.2, -0.15) is 0 Å². The van der Waals surface area contributed by atoms with Gasteiger partial charge in [-0.25, -0.2) is 0 Å². The monoisotopic (exact) mass is 238 g/mol. The third kappa shape index (κ3) is 2.87. The summed E-state index contributed by atoms with van der Waals surface area (Å²) >= 11 is 0. The van der Waals surface area contributed by atoms with Gasteiger partial charge in [0.15, 0.2) is 0 Å². The minimum atomic E-state index is -0.384. The number of rotatable bonds is 5. The van der Waals surface area contributed by atoms with Crippen LogP contribution in [0, 0.1) is 0 Å². The third-order valence-corrected chi connectivity index (χ3v) is 3.23. The van der Waals surface area contributed by atoms with Crippen LogP contribution in [0.15, 0.2) is 12.7 Å². The SMILES string of the molecule is C=CCC(C)N1C(=O)C(CCC)NC(=O)C1C. The molecule has 1 rings (SSSR count). The van der Waals surface area contributed by atoms with E-state index >= 15 is 0 Å². The van der Waals surface area contributed by atoms with Gasteiger partial charge in [-0.1, -0.05) is 19.4 Å². The molecule has 1 fully saturated rings. The molecule has 1 aliphatic heterocycles. The van der Waals surface area contributed by atoms with Crippen molar-refractivity contribution < 1.29 is 9.59 Å². The van der Waals surface area contributed by atoms with Crippen LogP contribution >= 0.6 is 0 Å². The van der Waals surface area contributed by atoms with Crippen LogP contribution in [0.25, 0.3) is 0 Å². The molecule has 1 saturated heterocycles. The lowest BCUT2D eigenvalue weighted by molar-refractivity contribution is -0.151. The summed E-state index contributed by atoms with van der Waals surface area (Å²) in [5.74, 6) is -0.0211. The maximum absolute atomic E-state index is 12.3. The topological polar surface area (TPSA) is 49.4 Å². The van der Waals surface area contributed by atoms with E-state index in [2.05, 4.69) is 11.9 Å². The second-order valence-electron chi connectivity index (χ2n) is 4.64. The maximum atomic E-state index is 12.3. The molecule has 1 aliphatic rings. The Kier molecular flexibility index (Phi) is 4.73. The predicted molar refractivity (Wildman–Crippen MR) is 67.4 cm³/mol. The lowest BCUT2D eigenvalue weighted by Crippen LogP contribution is -2.64. The molecular weight excluding hydrogens is 216 g/mol. The first-order valence-electron chi connectivity index (χ1n) is 6.26. The minimum Gasteiger partial charge on any atom is -0.343 e. The van der Waals surface area contributed by atoms with Gasteiger partial charge < -0.3 is 10.2 Å². The largest absolute Gasteiger partial charge is 0.343 e. The fourth-order valence-corrected chi connectivity index (χ4v) is 2.29. The Morgan fingerprint density at radius 2 is 2.18 bits per heavy atom. The van der Waals surface area contributed by atoms with E-state index < -0.39 is 0 Å². The molecular formula is C13H22N2O2. The minimum absolute atomic E-state index is 0.0282. The van der Waals surface area contributed by atoms with Gasteiger partial charge in [-0.3, -0.25) is 9.59 Å². The van der Waals surface area contributed by atoms with Gasteiger partial charge in [0.25, 0.3) is 0 Å². The molecule has 0 bridgehead atoms. The van der Waals surface area contributed by atoms with Crippen molar-refractivity contribution in [2.45, 2.75) is 58.2 Å². The van der Waals surface area contributed by atoms with Crippen molar-refractivity contribution in [3.63, 3.8) is 0 Å². The van der Waals surface area contributed by atoms with Crippen LogP contribution in [-0.2, 0) is 9.59 Å². The Bertz CT molecular complexity index is 315. The predicted octanol–water partition coefficient (Wildman–Crippen LogP) is 1.47. The average molecular weight is 238 g/mol. The Balaban J connectivity index is 2.86. The lowest BCUT2D eigenvalue weighted by Gasteiger charge is -2.40. The zero-order valence-corrected chi connectivity index (χ0v) is 10.9. The van der Waals surface area contributed by atoms with Gasteiger partial charge in [0.2, 0.25) is 11.8 Å². The van der Waals surface area contributed by atoms with Crippen LogP contribution in [0.4, 0.5) is 0 Å². The van der Waals surface area contributed by atoms with Gasteiger partial charge in [0.1, 0.15) is 12.1 Å². The first-order valence-corrected chi connectivity index (χ1v) is 6.26. The van der Waals surface area contributed by atoms with Crippen LogP contribution in [-0.4, -0.2) is 34.8 Å². The lowest BCUT2D eigenvalue weighted by atomic mass is 10.0. The normalized spacial score (nSPS) is 26.6. The van der Waals surface area contributed by atoms with Gasteiger partial charge in [0.05, 0.1) is 0 Å². The van der Waals surface area contributed by atoms with E-state index in [0.29, 0.717) is 12.8 Å². The Morgan fingerprint density at radius 1 is 1.53 bits per heavy atom. The first kappa shape index (κ1) is 13.7. The van der Waals surface area contributed by atoms with Crippen molar-refractivity contribution in [1.82, 2.24) is 10.2 Å². The molecule has 0 spiro atoms. The molecule has 0 aromatic carbocycles. The highest BCUT2D eigenvalue weighted by Gasteiger charge is 2.39. The summed E-state index contributed by atoms with van der Waals surface area (Å²) in [7, 11) is 0. The molecule has 2 amide bonds. The quantitative estimate of drug-likeness (QED) is 0.737. The van der Waals surface area contributed by atoms with Crippen molar-refractivity contribution in [3.05, 3.63) is 12.7 Å². The molecule has 96 valence electrons. The van der Waals surface area contributed by atoms with Gasteiger partial charge in [-0.05, 0) is 26.7 Å². The number of carbonyl (C=O) groups excluding carboxylic acids is 2. The summed E-state index contributed by atoms with van der Waals surface area (Å²) in [5.41, 5.74) is 0. The highest BCUT2D eigenvalue weighted by molar-refractivity contribution is 5.96. The zero-order valence-electron chi connectivity index (χ0n) is 10.9. The van der Waals surface area contributed by atoms with E-state index in [1.54, 1.807) is 17.9 Å². The van der Waals surface area contributed by atoms with Crippen LogP contribution < -0.4 is 5.32 Å². The van der Waals surface area contributed by atoms with Crippen LogP contribution in [0.2, 0.25) is 0 Å². The summed E-state index contributed by atoms with van der Waals surface area (Å²) in [6.45, 7) is 9.42. The molecule has 3 unspecified atom stereocenters. The molecule has 1 N–H and O–H groups in total. The van der Waals surface area contributed by atoms with Crippen LogP contribution in [0.1, 0.15) is 40.0 Å². The van der Waals surface area contributed by atoms with Crippen molar-refractivity contribution in [2.75, 3.05) is 0 Å². The molecule has 3 atom stereocenters. The van der Waals surface area contributed by atoms with E-state index in [9.17, 15) is 9.59 Å². The highest BCUT2D eigenvalue weighted by atomic mass is 16.2. The molecule has 1 heterocycles. The van der Waals surface area contributed by atoms with Crippen molar-refractivity contribution in [3.8, 4) is 0 Å². The summed E-state index contributed by atoms with van der Waals surface area (Å²) in [6.07, 6.45) is 4.08. The number of piperazine rings is 1.